The van der Waals surface area contributed by atoms with Gasteiger partial charge in [-0.15, -0.1) is 0 Å². The molecular weight excluding hydrogens is 370 g/mol. The Labute approximate surface area is 147 Å². The number of hydrogen-bond acceptors (Lipinski definition) is 3. The predicted molar refractivity (Wildman–Crippen MR) is 98.4 cm³/mol. The van der Waals surface area contributed by atoms with Gasteiger partial charge in [-0.25, -0.2) is 5.43 Å². The van der Waals surface area contributed by atoms with Gasteiger partial charge in [0.25, 0.3) is 5.91 Å². The van der Waals surface area contributed by atoms with E-state index in [9.17, 15) is 4.79 Å². The Bertz CT molecular complexity index is 902. The number of ether oxygens (including phenoxy) is 1. The van der Waals surface area contributed by atoms with Crippen molar-refractivity contribution in [1.29, 1.82) is 0 Å². The molecule has 0 unspecified atom stereocenters. The Morgan fingerprint density at radius 2 is 2.17 bits per heavy atom. The minimum Gasteiger partial charge on any atom is -0.483 e. The minimum absolute atomic E-state index is 0.0896. The molecule has 6 heteroatoms. The van der Waals surface area contributed by atoms with Crippen LogP contribution in [0.4, 0.5) is 0 Å². The molecule has 0 aliphatic carbocycles. The summed E-state index contributed by atoms with van der Waals surface area (Å²) in [6.45, 7) is 1.83. The Kier molecular flexibility index (Phi) is 4.96. The van der Waals surface area contributed by atoms with Crippen LogP contribution in [0.15, 0.2) is 58.2 Å². The van der Waals surface area contributed by atoms with E-state index in [4.69, 9.17) is 4.74 Å². The zero-order valence-electron chi connectivity index (χ0n) is 13.0. The van der Waals surface area contributed by atoms with Crippen molar-refractivity contribution >= 4 is 39.0 Å². The number of aryl methyl sites for hydroxylation is 1. The summed E-state index contributed by atoms with van der Waals surface area (Å²) in [6.07, 6.45) is 3.46. The van der Waals surface area contributed by atoms with Gasteiger partial charge >= 0.3 is 0 Å². The number of carbonyl (C=O) groups is 1. The fourth-order valence-electron chi connectivity index (χ4n) is 2.32. The number of H-pyrrole nitrogens is 1. The number of carbonyl (C=O) groups excluding carboxylic acids is 1. The van der Waals surface area contributed by atoms with Crippen LogP contribution in [-0.2, 0) is 4.79 Å². The Balaban J connectivity index is 1.55. The highest BCUT2D eigenvalue weighted by Gasteiger charge is 2.05. The summed E-state index contributed by atoms with van der Waals surface area (Å²) in [5.41, 5.74) is 5.37. The van der Waals surface area contributed by atoms with Crippen molar-refractivity contribution in [2.75, 3.05) is 6.61 Å². The van der Waals surface area contributed by atoms with Crippen LogP contribution in [0.3, 0.4) is 0 Å². The summed E-state index contributed by atoms with van der Waals surface area (Å²) in [4.78, 5) is 15.0. The molecule has 0 saturated carbocycles. The van der Waals surface area contributed by atoms with Crippen LogP contribution < -0.4 is 10.2 Å². The van der Waals surface area contributed by atoms with Crippen molar-refractivity contribution in [1.82, 2.24) is 10.4 Å². The molecule has 1 heterocycles. The molecule has 0 aliphatic rings. The third kappa shape index (κ3) is 3.83. The summed E-state index contributed by atoms with van der Waals surface area (Å²) >= 11 is 3.39. The summed E-state index contributed by atoms with van der Waals surface area (Å²) in [5, 5.41) is 5.03. The van der Waals surface area contributed by atoms with E-state index in [2.05, 4.69) is 31.4 Å². The number of nitrogens with one attached hydrogen (secondary N) is 2. The van der Waals surface area contributed by atoms with E-state index < -0.39 is 0 Å². The van der Waals surface area contributed by atoms with Gasteiger partial charge in [0.05, 0.1) is 6.21 Å². The van der Waals surface area contributed by atoms with Gasteiger partial charge in [-0.1, -0.05) is 34.1 Å². The average molecular weight is 386 g/mol. The highest BCUT2D eigenvalue weighted by molar-refractivity contribution is 9.10. The standard InChI is InChI=1S/C18H16BrN3O2/c1-12-8-14(19)6-7-17(12)24-11-18(23)22-21-10-13-9-20-16-5-3-2-4-15(13)16/h2-10,20H,11H2,1H3,(H,22,23). The lowest BCUT2D eigenvalue weighted by Gasteiger charge is -2.08. The quantitative estimate of drug-likeness (QED) is 0.518. The van der Waals surface area contributed by atoms with Crippen LogP contribution in [0.2, 0.25) is 0 Å². The molecule has 0 fully saturated rings. The molecule has 0 spiro atoms. The molecule has 122 valence electrons. The van der Waals surface area contributed by atoms with Crippen molar-refractivity contribution in [2.24, 2.45) is 5.10 Å². The highest BCUT2D eigenvalue weighted by Crippen LogP contribution is 2.22. The van der Waals surface area contributed by atoms with Crippen molar-refractivity contribution in [3.05, 3.63) is 64.3 Å². The van der Waals surface area contributed by atoms with Crippen molar-refractivity contribution in [2.45, 2.75) is 6.92 Å². The SMILES string of the molecule is Cc1cc(Br)ccc1OCC(=O)NN=Cc1c[nH]c2ccccc12. The molecule has 3 rings (SSSR count). The monoisotopic (exact) mass is 385 g/mol. The number of halogens is 1. The normalized spacial score (nSPS) is 11.1. The molecule has 1 amide bonds. The first-order valence-electron chi connectivity index (χ1n) is 7.40. The number of aromatic amines is 1. The number of para-hydroxylation sites is 1. The maximum Gasteiger partial charge on any atom is 0.277 e. The van der Waals surface area contributed by atoms with Crippen molar-refractivity contribution < 1.29 is 9.53 Å². The second-order valence-electron chi connectivity index (χ2n) is 5.28. The van der Waals surface area contributed by atoms with Crippen molar-refractivity contribution in [3.8, 4) is 5.75 Å². The molecule has 1 aromatic heterocycles. The van der Waals surface area contributed by atoms with E-state index in [1.54, 1.807) is 6.21 Å². The van der Waals surface area contributed by atoms with Crippen LogP contribution in [-0.4, -0.2) is 23.7 Å². The maximum atomic E-state index is 11.8. The fraction of sp³-hybridized carbons (Fsp3) is 0.111. The molecular formula is C18H16BrN3O2. The summed E-state index contributed by atoms with van der Waals surface area (Å²) in [6, 6.07) is 13.5. The van der Waals surface area contributed by atoms with Gasteiger partial charge in [0.1, 0.15) is 5.75 Å². The van der Waals surface area contributed by atoms with E-state index in [0.717, 1.165) is 26.5 Å². The lowest BCUT2D eigenvalue weighted by atomic mass is 10.2. The minimum atomic E-state index is -0.312. The molecule has 5 nitrogen and oxygen atoms in total. The summed E-state index contributed by atoms with van der Waals surface area (Å²) in [7, 11) is 0. The van der Waals surface area contributed by atoms with E-state index >= 15 is 0 Å². The fourth-order valence-corrected chi connectivity index (χ4v) is 2.80. The zero-order valence-corrected chi connectivity index (χ0v) is 14.6. The van der Waals surface area contributed by atoms with Gasteiger partial charge in [0.15, 0.2) is 6.61 Å². The first-order chi connectivity index (χ1) is 11.6. The second-order valence-corrected chi connectivity index (χ2v) is 6.20. The average Bonchev–Trinajstić information content (AvgIpc) is 2.97. The van der Waals surface area contributed by atoms with Crippen molar-refractivity contribution in [3.63, 3.8) is 0 Å². The largest absolute Gasteiger partial charge is 0.483 e. The summed E-state index contributed by atoms with van der Waals surface area (Å²) in [5.74, 6) is 0.363. The Morgan fingerprint density at radius 1 is 1.33 bits per heavy atom. The number of rotatable bonds is 5. The molecule has 0 radical (unpaired) electrons. The Morgan fingerprint density at radius 3 is 3.00 bits per heavy atom. The van der Waals surface area contributed by atoms with Crippen LogP contribution in [0.1, 0.15) is 11.1 Å². The zero-order chi connectivity index (χ0) is 16.9. The topological polar surface area (TPSA) is 66.5 Å². The van der Waals surface area contributed by atoms with Crippen LogP contribution in [0, 0.1) is 6.92 Å². The molecule has 2 N–H and O–H groups in total. The number of nitrogens with zero attached hydrogens (tertiary/aromatic N) is 1. The maximum absolute atomic E-state index is 11.8. The molecule has 0 atom stereocenters. The molecule has 0 bridgehead atoms. The number of aromatic nitrogens is 1. The predicted octanol–water partition coefficient (Wildman–Crippen LogP) is 3.77. The first-order valence-corrected chi connectivity index (χ1v) is 8.20. The van der Waals surface area contributed by atoms with E-state index in [-0.39, 0.29) is 12.5 Å². The molecule has 0 aliphatic heterocycles. The van der Waals surface area contributed by atoms with Gasteiger partial charge in [0.2, 0.25) is 0 Å². The van der Waals surface area contributed by atoms with Gasteiger partial charge in [0, 0.05) is 27.1 Å². The lowest BCUT2D eigenvalue weighted by molar-refractivity contribution is -0.123. The van der Waals surface area contributed by atoms with Gasteiger partial charge in [-0.2, -0.15) is 5.10 Å². The number of fused-ring (bicyclic) bond motifs is 1. The van der Waals surface area contributed by atoms with Gasteiger partial charge < -0.3 is 9.72 Å². The van der Waals surface area contributed by atoms with Gasteiger partial charge in [-0.05, 0) is 36.8 Å². The van der Waals surface area contributed by atoms with E-state index in [1.807, 2.05) is 55.6 Å². The van der Waals surface area contributed by atoms with E-state index in [0.29, 0.717) is 5.75 Å². The first kappa shape index (κ1) is 16.3. The third-order valence-corrected chi connectivity index (χ3v) is 4.00. The second kappa shape index (κ2) is 7.31. The molecule has 0 saturated heterocycles. The number of hydrogen-bond donors (Lipinski definition) is 2. The van der Waals surface area contributed by atoms with Gasteiger partial charge in [-0.3, -0.25) is 4.79 Å². The summed E-state index contributed by atoms with van der Waals surface area (Å²) < 4.78 is 6.47. The molecule has 24 heavy (non-hydrogen) atoms. The number of hydrazone groups is 1. The smallest absolute Gasteiger partial charge is 0.277 e. The molecule has 2 aromatic carbocycles. The molecule has 3 aromatic rings. The number of amides is 1. The van der Waals surface area contributed by atoms with Crippen LogP contribution >= 0.6 is 15.9 Å². The lowest BCUT2D eigenvalue weighted by Crippen LogP contribution is -2.24. The third-order valence-electron chi connectivity index (χ3n) is 3.51. The number of benzene rings is 2. The Hall–Kier alpha value is -2.60. The van der Waals surface area contributed by atoms with E-state index in [1.165, 1.54) is 0 Å². The van der Waals surface area contributed by atoms with Crippen LogP contribution in [0.5, 0.6) is 5.75 Å². The van der Waals surface area contributed by atoms with Crippen LogP contribution in [0.25, 0.3) is 10.9 Å². The highest BCUT2D eigenvalue weighted by atomic mass is 79.9.